The van der Waals surface area contributed by atoms with E-state index in [0.717, 1.165) is 37.7 Å². The number of aliphatic hydroxyl groups is 1. The molecule has 5 rings (SSSR count). The lowest BCUT2D eigenvalue weighted by Crippen LogP contribution is -2.63. The van der Waals surface area contributed by atoms with Crippen molar-refractivity contribution in [1.29, 1.82) is 0 Å². The smallest absolute Gasteiger partial charge is 0.407 e. The van der Waals surface area contributed by atoms with Gasteiger partial charge in [0.05, 0.1) is 12.2 Å². The first-order valence-electron chi connectivity index (χ1n) is 14.5. The minimum atomic E-state index is -1.28. The number of hydrogen-bond acceptors (Lipinski definition) is 7. The van der Waals surface area contributed by atoms with Crippen molar-refractivity contribution in [2.45, 2.75) is 103 Å². The van der Waals surface area contributed by atoms with E-state index in [4.69, 9.17) is 14.2 Å². The summed E-state index contributed by atoms with van der Waals surface area (Å²) in [5.74, 6) is -0.0890. The van der Waals surface area contributed by atoms with Crippen LogP contribution in [0, 0.1) is 28.6 Å². The van der Waals surface area contributed by atoms with E-state index in [2.05, 4.69) is 26.1 Å². The monoisotopic (exact) mass is 529 g/mol. The van der Waals surface area contributed by atoms with Crippen molar-refractivity contribution in [1.82, 2.24) is 5.32 Å². The van der Waals surface area contributed by atoms with Crippen molar-refractivity contribution in [3.8, 4) is 0 Å². The van der Waals surface area contributed by atoms with Crippen molar-refractivity contribution in [2.24, 2.45) is 28.6 Å². The first-order valence-corrected chi connectivity index (χ1v) is 14.5. The molecule has 1 saturated heterocycles. The first-order chi connectivity index (χ1) is 18.1. The number of fused-ring (bicyclic) bond motifs is 7. The standard InChI is InChI=1S/C30H43NO7/c1-5-7-13-31-27(35)36-17-23(34)30-24(37-25(38-30)8-6-2)15-21-20-10-9-18-14-19(32)11-12-28(18,3)26(20)22(33)16-29(21,30)4/h11-12,14,20-22,24-26,33H,5-10,13,15-17H2,1-4H3,(H,31,35)/t20-,21-,22-,24+,25+,26+,28-,29-,30+/m0/s1. The van der Waals surface area contributed by atoms with Gasteiger partial charge in [0, 0.05) is 23.3 Å². The number of ketones is 2. The number of hydrogen-bond donors (Lipinski definition) is 2. The molecule has 1 amide bonds. The molecule has 210 valence electrons. The summed E-state index contributed by atoms with van der Waals surface area (Å²) >= 11 is 0. The molecule has 8 heteroatoms. The molecule has 0 aromatic rings. The summed E-state index contributed by atoms with van der Waals surface area (Å²) in [6.45, 7) is 8.40. The van der Waals surface area contributed by atoms with E-state index in [0.29, 0.717) is 25.8 Å². The van der Waals surface area contributed by atoms with Crippen molar-refractivity contribution in [3.05, 3.63) is 23.8 Å². The van der Waals surface area contributed by atoms with Crippen LogP contribution in [0.3, 0.4) is 0 Å². The molecule has 1 heterocycles. The van der Waals surface area contributed by atoms with Crippen molar-refractivity contribution in [2.75, 3.05) is 13.2 Å². The van der Waals surface area contributed by atoms with E-state index in [1.54, 1.807) is 12.2 Å². The summed E-state index contributed by atoms with van der Waals surface area (Å²) < 4.78 is 18.4. The van der Waals surface area contributed by atoms with E-state index in [1.807, 2.05) is 13.0 Å². The molecular formula is C30H43NO7. The lowest BCUT2D eigenvalue weighted by Gasteiger charge is -2.59. The van der Waals surface area contributed by atoms with Gasteiger partial charge in [0.25, 0.3) is 0 Å². The minimum Gasteiger partial charge on any atom is -0.441 e. The van der Waals surface area contributed by atoms with Gasteiger partial charge in [-0.1, -0.05) is 52.2 Å². The number of aliphatic hydroxyl groups excluding tert-OH is 1. The molecule has 5 aliphatic rings. The van der Waals surface area contributed by atoms with E-state index < -0.39 is 47.6 Å². The van der Waals surface area contributed by atoms with Crippen LogP contribution in [-0.2, 0) is 23.8 Å². The normalized spacial score (nSPS) is 43.0. The predicted octanol–water partition coefficient (Wildman–Crippen LogP) is 4.25. The topological polar surface area (TPSA) is 111 Å². The van der Waals surface area contributed by atoms with Crippen molar-refractivity contribution < 1.29 is 33.7 Å². The molecule has 0 radical (unpaired) electrons. The lowest BCUT2D eigenvalue weighted by molar-refractivity contribution is -0.200. The number of carbonyl (C=O) groups is 3. The highest BCUT2D eigenvalue weighted by atomic mass is 16.7. The van der Waals surface area contributed by atoms with Crippen LogP contribution in [-0.4, -0.2) is 60.0 Å². The van der Waals surface area contributed by atoms with E-state index in [9.17, 15) is 19.5 Å². The number of allylic oxidation sites excluding steroid dienone is 4. The highest BCUT2D eigenvalue weighted by Gasteiger charge is 2.75. The summed E-state index contributed by atoms with van der Waals surface area (Å²) in [6, 6.07) is 0. The molecule has 0 unspecified atom stereocenters. The average Bonchev–Trinajstić information content (AvgIpc) is 3.35. The number of alkyl carbamates (subject to hydrolysis) is 1. The second-order valence-corrected chi connectivity index (χ2v) is 12.4. The van der Waals surface area contributed by atoms with Gasteiger partial charge in [0.1, 0.15) is 0 Å². The van der Waals surface area contributed by atoms with Crippen LogP contribution in [0.4, 0.5) is 4.79 Å². The quantitative estimate of drug-likeness (QED) is 0.452. The fourth-order valence-electron chi connectivity index (χ4n) is 8.66. The molecule has 8 nitrogen and oxygen atoms in total. The minimum absolute atomic E-state index is 0.00788. The molecule has 2 N–H and O–H groups in total. The summed E-state index contributed by atoms with van der Waals surface area (Å²) in [6.07, 6.45) is 9.12. The molecule has 38 heavy (non-hydrogen) atoms. The van der Waals surface area contributed by atoms with Gasteiger partial charge in [0.15, 0.2) is 24.3 Å². The third-order valence-electron chi connectivity index (χ3n) is 10.4. The second-order valence-electron chi connectivity index (χ2n) is 12.4. The Hall–Kier alpha value is -2.03. The van der Waals surface area contributed by atoms with Crippen LogP contribution in [0.1, 0.15) is 79.1 Å². The third kappa shape index (κ3) is 4.09. The Balaban J connectivity index is 1.44. The van der Waals surface area contributed by atoms with Crippen LogP contribution in [0.5, 0.6) is 0 Å². The first kappa shape index (κ1) is 27.5. The molecule has 4 aliphatic carbocycles. The zero-order valence-electron chi connectivity index (χ0n) is 23.2. The number of Topliss-reactive ketones (excluding diaryl/α,β-unsaturated/α-hetero) is 1. The maximum absolute atomic E-state index is 14.0. The van der Waals surface area contributed by atoms with Gasteiger partial charge in [-0.25, -0.2) is 4.79 Å². The molecule has 0 aromatic heterocycles. The fourth-order valence-corrected chi connectivity index (χ4v) is 8.66. The molecular weight excluding hydrogens is 486 g/mol. The SMILES string of the molecule is CCCCNC(=O)OCC(=O)[C@@]12O[C@H](CCC)O[C@@H]1C[C@H]1[C@@H]3CCC4=CC(=O)C=C[C@]4(C)[C@H]3[C@@H](O)C[C@@]12C. The molecule has 0 aromatic carbocycles. The van der Waals surface area contributed by atoms with Gasteiger partial charge in [-0.3, -0.25) is 9.59 Å². The Morgan fingerprint density at radius 1 is 1.24 bits per heavy atom. The van der Waals surface area contributed by atoms with Crippen molar-refractivity contribution in [3.63, 3.8) is 0 Å². The molecule has 3 saturated carbocycles. The van der Waals surface area contributed by atoms with E-state index in [-0.39, 0.29) is 29.3 Å². The highest BCUT2D eigenvalue weighted by molar-refractivity contribution is 6.01. The van der Waals surface area contributed by atoms with Crippen LogP contribution in [0.15, 0.2) is 23.8 Å². The number of nitrogens with one attached hydrogen (secondary N) is 1. The lowest BCUT2D eigenvalue weighted by atomic mass is 9.46. The van der Waals surface area contributed by atoms with Gasteiger partial charge in [-0.05, 0) is 62.5 Å². The largest absolute Gasteiger partial charge is 0.441 e. The Bertz CT molecular complexity index is 1040. The van der Waals surface area contributed by atoms with E-state index in [1.165, 1.54) is 0 Å². The zero-order chi connectivity index (χ0) is 27.3. The molecule has 0 spiro atoms. The Kier molecular flexibility index (Phi) is 7.37. The molecule has 1 aliphatic heterocycles. The van der Waals surface area contributed by atoms with Crippen LogP contribution >= 0.6 is 0 Å². The van der Waals surface area contributed by atoms with Gasteiger partial charge >= 0.3 is 6.09 Å². The van der Waals surface area contributed by atoms with Gasteiger partial charge in [0.2, 0.25) is 5.78 Å². The Labute approximate surface area is 225 Å². The summed E-state index contributed by atoms with van der Waals surface area (Å²) in [5, 5.41) is 14.5. The van der Waals surface area contributed by atoms with Gasteiger partial charge in [-0.2, -0.15) is 0 Å². The maximum atomic E-state index is 14.0. The average molecular weight is 530 g/mol. The van der Waals surface area contributed by atoms with Crippen LogP contribution < -0.4 is 5.32 Å². The number of ether oxygens (including phenoxy) is 3. The third-order valence-corrected chi connectivity index (χ3v) is 10.4. The molecule has 4 fully saturated rings. The van der Waals surface area contributed by atoms with Crippen molar-refractivity contribution >= 4 is 17.7 Å². The van der Waals surface area contributed by atoms with Crippen LogP contribution in [0.25, 0.3) is 0 Å². The number of rotatable bonds is 8. The highest BCUT2D eigenvalue weighted by Crippen LogP contribution is 2.69. The maximum Gasteiger partial charge on any atom is 0.407 e. The molecule has 9 atom stereocenters. The predicted molar refractivity (Wildman–Crippen MR) is 140 cm³/mol. The summed E-state index contributed by atoms with van der Waals surface area (Å²) in [7, 11) is 0. The van der Waals surface area contributed by atoms with E-state index >= 15 is 0 Å². The summed E-state index contributed by atoms with van der Waals surface area (Å²) in [4.78, 5) is 38.4. The second kappa shape index (κ2) is 10.2. The fraction of sp³-hybridized carbons (Fsp3) is 0.767. The van der Waals surface area contributed by atoms with Gasteiger partial charge < -0.3 is 24.6 Å². The number of unbranched alkanes of at least 4 members (excludes halogenated alkanes) is 1. The Morgan fingerprint density at radius 2 is 2.03 bits per heavy atom. The summed E-state index contributed by atoms with van der Waals surface area (Å²) in [5.41, 5.74) is -1.25. The number of amides is 1. The Morgan fingerprint density at radius 3 is 2.76 bits per heavy atom. The van der Waals surface area contributed by atoms with Crippen LogP contribution in [0.2, 0.25) is 0 Å². The zero-order valence-corrected chi connectivity index (χ0v) is 23.2. The molecule has 0 bridgehead atoms. The number of carbonyl (C=O) groups excluding carboxylic acids is 3. The van der Waals surface area contributed by atoms with Gasteiger partial charge in [-0.15, -0.1) is 0 Å².